The van der Waals surface area contributed by atoms with Crippen LogP contribution in [0.25, 0.3) is 6.08 Å². The van der Waals surface area contributed by atoms with Crippen LogP contribution >= 0.6 is 23.2 Å². The fraction of sp³-hybridized carbons (Fsp3) is 0.0714. The minimum atomic E-state index is -0.672. The molecule has 0 radical (unpaired) electrons. The Morgan fingerprint density at radius 2 is 1.95 bits per heavy atom. The van der Waals surface area contributed by atoms with E-state index in [0.29, 0.717) is 15.6 Å². The predicted molar refractivity (Wildman–Crippen MR) is 80.7 cm³/mol. The van der Waals surface area contributed by atoms with Crippen LogP contribution in [0.15, 0.2) is 40.8 Å². The van der Waals surface area contributed by atoms with Crippen LogP contribution < -0.4 is 0 Å². The second kappa shape index (κ2) is 7.11. The summed E-state index contributed by atoms with van der Waals surface area (Å²) < 4.78 is 9.86. The number of esters is 1. The van der Waals surface area contributed by atoms with Gasteiger partial charge in [0.2, 0.25) is 0 Å². The van der Waals surface area contributed by atoms with Gasteiger partial charge in [0.25, 0.3) is 0 Å². The van der Waals surface area contributed by atoms with Crippen LogP contribution in [0.5, 0.6) is 0 Å². The molecule has 1 heterocycles. The molecule has 0 N–H and O–H groups in total. The van der Waals surface area contributed by atoms with Gasteiger partial charge >= 0.3 is 11.9 Å². The SMILES string of the molecule is O=C(/C=C/c1ccc([N+](=O)[O-])o1)OCc1c(Cl)cccc1Cl. The summed E-state index contributed by atoms with van der Waals surface area (Å²) in [6.45, 7) is -0.0834. The molecule has 2 aromatic rings. The average Bonchev–Trinajstić information content (AvgIpc) is 2.93. The first-order chi connectivity index (χ1) is 10.5. The number of furan rings is 1. The van der Waals surface area contributed by atoms with Crippen LogP contribution in [-0.4, -0.2) is 10.9 Å². The number of ether oxygens (including phenoxy) is 1. The Morgan fingerprint density at radius 1 is 1.27 bits per heavy atom. The van der Waals surface area contributed by atoms with E-state index in [0.717, 1.165) is 6.08 Å². The van der Waals surface area contributed by atoms with Crippen LogP contribution in [0.2, 0.25) is 10.0 Å². The number of carbonyl (C=O) groups excluding carboxylic acids is 1. The van der Waals surface area contributed by atoms with Crippen molar-refractivity contribution in [2.75, 3.05) is 0 Å². The maximum atomic E-state index is 11.6. The molecule has 22 heavy (non-hydrogen) atoms. The lowest BCUT2D eigenvalue weighted by molar-refractivity contribution is -0.402. The summed E-state index contributed by atoms with van der Waals surface area (Å²) in [7, 11) is 0. The van der Waals surface area contributed by atoms with Gasteiger partial charge in [0.05, 0.1) is 6.07 Å². The molecule has 0 unspecified atom stereocenters. The Balaban J connectivity index is 1.95. The standard InChI is InChI=1S/C14H9Cl2NO5/c15-11-2-1-3-12(16)10(11)8-21-14(18)7-5-9-4-6-13(22-9)17(19)20/h1-7H,8H2/b7-5+. The van der Waals surface area contributed by atoms with Crippen molar-refractivity contribution in [2.24, 2.45) is 0 Å². The quantitative estimate of drug-likeness (QED) is 0.351. The van der Waals surface area contributed by atoms with E-state index >= 15 is 0 Å². The van der Waals surface area contributed by atoms with Crippen molar-refractivity contribution in [2.45, 2.75) is 6.61 Å². The third-order valence-electron chi connectivity index (χ3n) is 2.60. The van der Waals surface area contributed by atoms with E-state index in [2.05, 4.69) is 0 Å². The van der Waals surface area contributed by atoms with Crippen molar-refractivity contribution in [3.8, 4) is 0 Å². The van der Waals surface area contributed by atoms with Gasteiger partial charge in [0.15, 0.2) is 0 Å². The monoisotopic (exact) mass is 341 g/mol. The zero-order chi connectivity index (χ0) is 16.1. The smallest absolute Gasteiger partial charge is 0.433 e. The normalized spacial score (nSPS) is 10.8. The Labute approximate surface area is 135 Å². The zero-order valence-electron chi connectivity index (χ0n) is 11.0. The highest BCUT2D eigenvalue weighted by molar-refractivity contribution is 6.35. The molecule has 0 saturated carbocycles. The highest BCUT2D eigenvalue weighted by atomic mass is 35.5. The van der Waals surface area contributed by atoms with Gasteiger partial charge in [-0.1, -0.05) is 29.3 Å². The van der Waals surface area contributed by atoms with E-state index < -0.39 is 16.8 Å². The zero-order valence-corrected chi connectivity index (χ0v) is 12.5. The van der Waals surface area contributed by atoms with Crippen molar-refractivity contribution in [1.82, 2.24) is 0 Å². The van der Waals surface area contributed by atoms with Crippen molar-refractivity contribution in [1.29, 1.82) is 0 Å². The number of hydrogen-bond acceptors (Lipinski definition) is 5. The number of rotatable bonds is 5. The van der Waals surface area contributed by atoms with Gasteiger partial charge in [-0.15, -0.1) is 0 Å². The van der Waals surface area contributed by atoms with Gasteiger partial charge < -0.3 is 9.15 Å². The number of carbonyl (C=O) groups is 1. The molecular formula is C14H9Cl2NO5. The van der Waals surface area contributed by atoms with E-state index in [4.69, 9.17) is 32.4 Å². The lowest BCUT2D eigenvalue weighted by atomic mass is 10.2. The second-order valence-corrected chi connectivity index (χ2v) is 4.89. The van der Waals surface area contributed by atoms with Gasteiger partial charge in [-0.2, -0.15) is 0 Å². The fourth-order valence-corrected chi connectivity index (χ4v) is 2.05. The van der Waals surface area contributed by atoms with Gasteiger partial charge in [-0.3, -0.25) is 10.1 Å². The largest absolute Gasteiger partial charge is 0.458 e. The van der Waals surface area contributed by atoms with E-state index in [1.807, 2.05) is 0 Å². The first kappa shape index (κ1) is 16.1. The summed E-state index contributed by atoms with van der Waals surface area (Å²) in [5.41, 5.74) is 0.501. The number of hydrogen-bond donors (Lipinski definition) is 0. The Morgan fingerprint density at radius 3 is 2.55 bits per heavy atom. The third kappa shape index (κ3) is 4.09. The average molecular weight is 342 g/mol. The first-order valence-electron chi connectivity index (χ1n) is 5.99. The molecule has 0 fully saturated rings. The van der Waals surface area contributed by atoms with Crippen LogP contribution in [0.1, 0.15) is 11.3 Å². The summed E-state index contributed by atoms with van der Waals surface area (Å²) in [6.07, 6.45) is 2.36. The molecule has 114 valence electrons. The lowest BCUT2D eigenvalue weighted by Gasteiger charge is -2.06. The third-order valence-corrected chi connectivity index (χ3v) is 3.30. The Hall–Kier alpha value is -2.31. The minimum absolute atomic E-state index is 0.0834. The van der Waals surface area contributed by atoms with E-state index in [9.17, 15) is 14.9 Å². The maximum Gasteiger partial charge on any atom is 0.433 e. The molecular weight excluding hydrogens is 333 g/mol. The fourth-order valence-electron chi connectivity index (χ4n) is 1.54. The Kier molecular flexibility index (Phi) is 5.19. The van der Waals surface area contributed by atoms with Crippen molar-refractivity contribution >= 4 is 41.1 Å². The van der Waals surface area contributed by atoms with Crippen molar-refractivity contribution in [3.05, 3.63) is 67.9 Å². The van der Waals surface area contributed by atoms with Crippen LogP contribution in [0.4, 0.5) is 5.88 Å². The summed E-state index contributed by atoms with van der Waals surface area (Å²) >= 11 is 11.9. The molecule has 0 bridgehead atoms. The van der Waals surface area contributed by atoms with Crippen LogP contribution in [0.3, 0.4) is 0 Å². The molecule has 8 heteroatoms. The topological polar surface area (TPSA) is 82.6 Å². The predicted octanol–water partition coefficient (Wildman–Crippen LogP) is 4.25. The van der Waals surface area contributed by atoms with E-state index in [-0.39, 0.29) is 12.4 Å². The summed E-state index contributed by atoms with van der Waals surface area (Å²) in [6, 6.07) is 7.50. The van der Waals surface area contributed by atoms with Gasteiger partial charge in [0.1, 0.15) is 17.3 Å². The molecule has 1 aromatic carbocycles. The summed E-state index contributed by atoms with van der Waals surface area (Å²) in [4.78, 5) is 21.4. The molecule has 0 saturated heterocycles. The lowest BCUT2D eigenvalue weighted by Crippen LogP contribution is -2.01. The van der Waals surface area contributed by atoms with Crippen molar-refractivity contribution < 1.29 is 18.9 Å². The molecule has 0 aliphatic heterocycles. The van der Waals surface area contributed by atoms with Gasteiger partial charge in [-0.05, 0) is 24.3 Å². The van der Waals surface area contributed by atoms with Crippen LogP contribution in [0, 0.1) is 10.1 Å². The number of benzene rings is 1. The second-order valence-electron chi connectivity index (χ2n) is 4.07. The first-order valence-corrected chi connectivity index (χ1v) is 6.75. The van der Waals surface area contributed by atoms with Gasteiger partial charge in [0, 0.05) is 21.7 Å². The van der Waals surface area contributed by atoms with E-state index in [1.165, 1.54) is 18.2 Å². The number of halogens is 2. The van der Waals surface area contributed by atoms with Crippen LogP contribution in [-0.2, 0) is 16.1 Å². The minimum Gasteiger partial charge on any atom is -0.458 e. The highest BCUT2D eigenvalue weighted by Crippen LogP contribution is 2.25. The molecule has 6 nitrogen and oxygen atoms in total. The molecule has 0 amide bonds. The molecule has 0 atom stereocenters. The number of nitro groups is 1. The van der Waals surface area contributed by atoms with Gasteiger partial charge in [-0.25, -0.2) is 4.79 Å². The van der Waals surface area contributed by atoms with Crippen molar-refractivity contribution in [3.63, 3.8) is 0 Å². The molecule has 1 aromatic heterocycles. The maximum absolute atomic E-state index is 11.6. The molecule has 0 spiro atoms. The number of nitrogens with zero attached hydrogens (tertiary/aromatic N) is 1. The highest BCUT2D eigenvalue weighted by Gasteiger charge is 2.11. The molecule has 0 aliphatic rings. The molecule has 0 aliphatic carbocycles. The molecule has 2 rings (SSSR count). The summed E-state index contributed by atoms with van der Waals surface area (Å²) in [5.74, 6) is -0.898. The summed E-state index contributed by atoms with van der Waals surface area (Å²) in [5, 5.41) is 11.2. The van der Waals surface area contributed by atoms with E-state index in [1.54, 1.807) is 18.2 Å². The Bertz CT molecular complexity index is 718.